The van der Waals surface area contributed by atoms with Crippen LogP contribution >= 0.6 is 0 Å². The molecule has 0 N–H and O–H groups in total. The van der Waals surface area contributed by atoms with E-state index in [0.717, 1.165) is 0 Å². The van der Waals surface area contributed by atoms with Gasteiger partial charge in [0.1, 0.15) is 12.7 Å². The summed E-state index contributed by atoms with van der Waals surface area (Å²) in [4.78, 5) is 11.1. The maximum atomic E-state index is 11.1. The predicted molar refractivity (Wildman–Crippen MR) is 73.9 cm³/mol. The van der Waals surface area contributed by atoms with Crippen molar-refractivity contribution >= 4 is 12.2 Å². The number of aromatic nitrogens is 3. The van der Waals surface area contributed by atoms with Gasteiger partial charge in [0, 0.05) is 12.5 Å². The minimum atomic E-state index is -0.461. The van der Waals surface area contributed by atoms with Gasteiger partial charge in [-0.1, -0.05) is 0 Å². The average Bonchev–Trinajstić information content (AvgIpc) is 2.98. The molecule has 1 aromatic carbocycles. The predicted octanol–water partition coefficient (Wildman–Crippen LogP) is 1.10. The van der Waals surface area contributed by atoms with Crippen LogP contribution in [0.1, 0.15) is 12.5 Å². The first-order valence-corrected chi connectivity index (χ1v) is 5.97. The molecular formula is C13H14N4O4. The highest BCUT2D eigenvalue weighted by Crippen LogP contribution is 2.38. The number of nitrogens with zero attached hydrogens (tertiary/aromatic N) is 4. The van der Waals surface area contributed by atoms with Crippen molar-refractivity contribution in [2.45, 2.75) is 6.92 Å². The summed E-state index contributed by atoms with van der Waals surface area (Å²) in [5.74, 6) is 0.510. The Kier molecular flexibility index (Phi) is 4.50. The number of methoxy groups -OCH3 is 2. The normalized spacial score (nSPS) is 10.6. The molecule has 8 nitrogen and oxygen atoms in total. The number of hydrogen-bond donors (Lipinski definition) is 0. The molecule has 0 spiro atoms. The Morgan fingerprint density at radius 1 is 1.19 bits per heavy atom. The van der Waals surface area contributed by atoms with Gasteiger partial charge in [0.25, 0.3) is 0 Å². The monoisotopic (exact) mass is 290 g/mol. The van der Waals surface area contributed by atoms with Crippen LogP contribution in [0.4, 0.5) is 0 Å². The van der Waals surface area contributed by atoms with E-state index in [2.05, 4.69) is 15.3 Å². The highest BCUT2D eigenvalue weighted by atomic mass is 16.6. The molecule has 0 unspecified atom stereocenters. The fourth-order valence-corrected chi connectivity index (χ4v) is 1.61. The van der Waals surface area contributed by atoms with Crippen LogP contribution in [0.25, 0.3) is 0 Å². The maximum absolute atomic E-state index is 11.1. The quantitative estimate of drug-likeness (QED) is 0.465. The second kappa shape index (κ2) is 6.51. The highest BCUT2D eigenvalue weighted by Gasteiger charge is 2.15. The Hall–Kier alpha value is -2.90. The number of ether oxygens (including phenoxy) is 3. The molecular weight excluding hydrogens is 276 g/mol. The van der Waals surface area contributed by atoms with Crippen molar-refractivity contribution in [3.05, 3.63) is 30.4 Å². The van der Waals surface area contributed by atoms with Gasteiger partial charge < -0.3 is 14.2 Å². The molecule has 0 bridgehead atoms. The van der Waals surface area contributed by atoms with Crippen molar-refractivity contribution in [1.29, 1.82) is 0 Å². The van der Waals surface area contributed by atoms with Crippen LogP contribution in [0.5, 0.6) is 17.2 Å². The molecule has 21 heavy (non-hydrogen) atoms. The average molecular weight is 290 g/mol. The number of hydrogen-bond acceptors (Lipinski definition) is 7. The molecule has 2 rings (SSSR count). The van der Waals surface area contributed by atoms with Crippen LogP contribution in [0.2, 0.25) is 0 Å². The Morgan fingerprint density at radius 2 is 1.76 bits per heavy atom. The second-order valence-electron chi connectivity index (χ2n) is 3.93. The van der Waals surface area contributed by atoms with E-state index in [1.165, 1.54) is 38.5 Å². The van der Waals surface area contributed by atoms with E-state index < -0.39 is 5.97 Å². The lowest BCUT2D eigenvalue weighted by Crippen LogP contribution is -2.05. The fourth-order valence-electron chi connectivity index (χ4n) is 1.61. The summed E-state index contributed by atoms with van der Waals surface area (Å²) in [5.41, 5.74) is 0.702. The van der Waals surface area contributed by atoms with Crippen molar-refractivity contribution in [1.82, 2.24) is 14.9 Å². The number of benzene rings is 1. The number of rotatable bonds is 5. The van der Waals surface area contributed by atoms with E-state index in [-0.39, 0.29) is 5.75 Å². The summed E-state index contributed by atoms with van der Waals surface area (Å²) in [6.45, 7) is 1.31. The number of carbonyl (C=O) groups excluding carboxylic acids is 1. The Morgan fingerprint density at radius 3 is 2.24 bits per heavy atom. The second-order valence-corrected chi connectivity index (χ2v) is 3.93. The Labute approximate surface area is 121 Å². The van der Waals surface area contributed by atoms with Gasteiger partial charge in [0.05, 0.1) is 20.4 Å². The van der Waals surface area contributed by atoms with Gasteiger partial charge in [-0.15, -0.1) is 10.2 Å². The highest BCUT2D eigenvalue weighted by molar-refractivity contribution is 5.83. The van der Waals surface area contributed by atoms with E-state index >= 15 is 0 Å². The van der Waals surface area contributed by atoms with E-state index in [9.17, 15) is 4.79 Å². The first kappa shape index (κ1) is 14.5. The molecule has 0 saturated carbocycles. The molecule has 0 fully saturated rings. The van der Waals surface area contributed by atoms with Gasteiger partial charge in [0.15, 0.2) is 11.5 Å². The molecule has 0 aliphatic heterocycles. The first-order chi connectivity index (χ1) is 10.1. The van der Waals surface area contributed by atoms with E-state index in [1.54, 1.807) is 18.3 Å². The molecule has 0 aliphatic carbocycles. The van der Waals surface area contributed by atoms with Crippen molar-refractivity contribution in [3.63, 3.8) is 0 Å². The zero-order valence-corrected chi connectivity index (χ0v) is 11.8. The molecule has 0 atom stereocenters. The summed E-state index contributed by atoms with van der Waals surface area (Å²) in [5, 5.41) is 11.4. The number of carbonyl (C=O) groups is 1. The molecule has 110 valence electrons. The molecule has 0 amide bonds. The summed E-state index contributed by atoms with van der Waals surface area (Å²) in [7, 11) is 2.95. The maximum Gasteiger partial charge on any atom is 0.308 e. The smallest absolute Gasteiger partial charge is 0.308 e. The third kappa shape index (κ3) is 3.56. The molecule has 8 heteroatoms. The molecule has 1 aromatic heterocycles. The summed E-state index contributed by atoms with van der Waals surface area (Å²) < 4.78 is 17.0. The SMILES string of the molecule is COc1cc(/C=N/n2cnnc2)cc(OC)c1OC(C)=O. The zero-order valence-electron chi connectivity index (χ0n) is 11.8. The first-order valence-electron chi connectivity index (χ1n) is 5.97. The van der Waals surface area contributed by atoms with Crippen LogP contribution in [0, 0.1) is 0 Å². The van der Waals surface area contributed by atoms with Crippen molar-refractivity contribution in [3.8, 4) is 17.2 Å². The number of esters is 1. The third-order valence-corrected chi connectivity index (χ3v) is 2.48. The summed E-state index contributed by atoms with van der Waals surface area (Å²) in [6, 6.07) is 3.35. The molecule has 0 aliphatic rings. The topological polar surface area (TPSA) is 87.8 Å². The lowest BCUT2D eigenvalue weighted by atomic mass is 10.2. The molecule has 2 aromatic rings. The molecule has 1 heterocycles. The van der Waals surface area contributed by atoms with Crippen LogP contribution in [0.3, 0.4) is 0 Å². The van der Waals surface area contributed by atoms with Crippen molar-refractivity contribution < 1.29 is 19.0 Å². The lowest BCUT2D eigenvalue weighted by Gasteiger charge is -2.13. The van der Waals surface area contributed by atoms with Crippen molar-refractivity contribution in [2.24, 2.45) is 5.10 Å². The standard InChI is InChI=1S/C13H14N4O4/c1-9(18)21-13-11(19-2)4-10(5-12(13)20-3)6-16-17-7-14-15-8-17/h4-8H,1-3H3/b16-6+. The van der Waals surface area contributed by atoms with Crippen LogP contribution in [0.15, 0.2) is 29.9 Å². The van der Waals surface area contributed by atoms with Gasteiger partial charge in [-0.2, -0.15) is 5.10 Å². The lowest BCUT2D eigenvalue weighted by molar-refractivity contribution is -0.132. The van der Waals surface area contributed by atoms with Crippen LogP contribution in [-0.4, -0.2) is 41.3 Å². The van der Waals surface area contributed by atoms with Gasteiger partial charge in [-0.3, -0.25) is 4.79 Å². The van der Waals surface area contributed by atoms with Gasteiger partial charge in [-0.05, 0) is 12.1 Å². The summed E-state index contributed by atoms with van der Waals surface area (Å²) >= 11 is 0. The molecule has 0 radical (unpaired) electrons. The van der Waals surface area contributed by atoms with Gasteiger partial charge >= 0.3 is 5.97 Å². The van der Waals surface area contributed by atoms with Gasteiger partial charge in [0.2, 0.25) is 5.75 Å². The van der Waals surface area contributed by atoms with Gasteiger partial charge in [-0.25, -0.2) is 4.68 Å². The van der Waals surface area contributed by atoms with E-state index in [0.29, 0.717) is 17.1 Å². The van der Waals surface area contributed by atoms with Crippen molar-refractivity contribution in [2.75, 3.05) is 14.2 Å². The van der Waals surface area contributed by atoms with E-state index in [1.807, 2.05) is 0 Å². The third-order valence-electron chi connectivity index (χ3n) is 2.48. The summed E-state index contributed by atoms with van der Waals surface area (Å²) in [6.07, 6.45) is 4.49. The molecule has 0 saturated heterocycles. The fraction of sp³-hybridized carbons (Fsp3) is 0.231. The zero-order chi connectivity index (χ0) is 15.2. The van der Waals surface area contributed by atoms with Crippen LogP contribution in [-0.2, 0) is 4.79 Å². The minimum Gasteiger partial charge on any atom is -0.493 e. The minimum absolute atomic E-state index is 0.231. The van der Waals surface area contributed by atoms with Crippen LogP contribution < -0.4 is 14.2 Å². The largest absolute Gasteiger partial charge is 0.493 e. The Bertz CT molecular complexity index is 627. The Balaban J connectivity index is 2.37. The van der Waals surface area contributed by atoms with E-state index in [4.69, 9.17) is 14.2 Å².